The maximum atomic E-state index is 14.0. The van der Waals surface area contributed by atoms with Crippen LogP contribution in [0.15, 0.2) is 72.8 Å². The first kappa shape index (κ1) is 36.6. The number of ether oxygens (including phenoxy) is 4. The molecule has 1 N–H and O–H groups in total. The zero-order chi connectivity index (χ0) is 34.4. The second kappa shape index (κ2) is 17.7. The smallest absolute Gasteiger partial charge is 0.332 e. The third-order valence-corrected chi connectivity index (χ3v) is 8.23. The van der Waals surface area contributed by atoms with Crippen molar-refractivity contribution in [2.24, 2.45) is 5.92 Å². The lowest BCUT2D eigenvalue weighted by atomic mass is 10.1. The van der Waals surface area contributed by atoms with Crippen LogP contribution < -0.4 is 14.2 Å². The quantitative estimate of drug-likeness (QED) is 0.106. The lowest BCUT2D eigenvalue weighted by Gasteiger charge is -2.22. The van der Waals surface area contributed by atoms with Gasteiger partial charge in [0.25, 0.3) is 0 Å². The minimum atomic E-state index is -4.11. The fraction of sp³-hybridized carbons (Fsp3) is 0.303. The second-order valence-electron chi connectivity index (χ2n) is 10.3. The maximum Gasteiger partial charge on any atom is 0.332 e. The van der Waals surface area contributed by atoms with Crippen LogP contribution >= 0.6 is 7.60 Å². The van der Waals surface area contributed by atoms with Gasteiger partial charge in [-0.25, -0.2) is 0 Å². The number of esters is 4. The Hall–Kier alpha value is -4.84. The van der Waals surface area contributed by atoms with Crippen molar-refractivity contribution in [1.82, 2.24) is 0 Å². The second-order valence-corrected chi connectivity index (χ2v) is 12.4. The fourth-order valence-corrected chi connectivity index (χ4v) is 5.89. The summed E-state index contributed by atoms with van der Waals surface area (Å²) in [6.45, 7) is 3.28. The van der Waals surface area contributed by atoms with Gasteiger partial charge in [-0.3, -0.25) is 28.5 Å². The summed E-state index contributed by atoms with van der Waals surface area (Å²) in [5, 5.41) is 9.92. The van der Waals surface area contributed by atoms with E-state index < -0.39 is 49.5 Å². The van der Waals surface area contributed by atoms with Gasteiger partial charge in [0.1, 0.15) is 23.9 Å². The largest absolute Gasteiger partial charge is 0.481 e. The molecule has 14 heteroatoms. The van der Waals surface area contributed by atoms with Gasteiger partial charge in [0.2, 0.25) is 0 Å². The van der Waals surface area contributed by atoms with E-state index in [1.165, 1.54) is 45.0 Å². The van der Waals surface area contributed by atoms with Gasteiger partial charge >= 0.3 is 37.4 Å². The van der Waals surface area contributed by atoms with E-state index in [1.54, 1.807) is 48.5 Å². The van der Waals surface area contributed by atoms with Crippen molar-refractivity contribution >= 4 is 37.4 Å². The van der Waals surface area contributed by atoms with Crippen LogP contribution in [0.3, 0.4) is 0 Å². The molecule has 3 aromatic carbocycles. The maximum absolute atomic E-state index is 14.0. The highest BCUT2D eigenvalue weighted by Gasteiger charge is 2.34. The molecular weight excluding hydrogens is 635 g/mol. The van der Waals surface area contributed by atoms with Crippen LogP contribution in [0.4, 0.5) is 0 Å². The van der Waals surface area contributed by atoms with Gasteiger partial charge in [-0.15, -0.1) is 0 Å². The molecule has 250 valence electrons. The minimum Gasteiger partial charge on any atom is -0.481 e. The van der Waals surface area contributed by atoms with E-state index >= 15 is 0 Å². The fourth-order valence-electron chi connectivity index (χ4n) is 4.04. The molecule has 1 unspecified atom stereocenters. The molecule has 47 heavy (non-hydrogen) atoms. The molecule has 0 aliphatic heterocycles. The molecule has 13 nitrogen and oxygen atoms in total. The zero-order valence-corrected chi connectivity index (χ0v) is 26.9. The molecule has 0 aliphatic carbocycles. The highest BCUT2D eigenvalue weighted by atomic mass is 31.2. The Bertz CT molecular complexity index is 1510. The first-order valence-electron chi connectivity index (χ1n) is 14.4. The van der Waals surface area contributed by atoms with E-state index in [-0.39, 0.29) is 32.7 Å². The van der Waals surface area contributed by atoms with Gasteiger partial charge in [0.15, 0.2) is 0 Å². The lowest BCUT2D eigenvalue weighted by Crippen LogP contribution is -2.21. The van der Waals surface area contributed by atoms with Crippen molar-refractivity contribution in [2.75, 3.05) is 6.16 Å². The number of hydrogen-bond acceptors (Lipinski definition) is 12. The summed E-state index contributed by atoms with van der Waals surface area (Å²) >= 11 is 0. The van der Waals surface area contributed by atoms with Gasteiger partial charge in [-0.05, 0) is 59.5 Å². The van der Waals surface area contributed by atoms with Gasteiger partial charge in [-0.1, -0.05) is 36.4 Å². The topological polar surface area (TPSA) is 178 Å². The molecule has 1 atom stereocenters. The van der Waals surface area contributed by atoms with Crippen LogP contribution in [0.2, 0.25) is 0 Å². The van der Waals surface area contributed by atoms with E-state index in [0.29, 0.717) is 33.9 Å². The molecule has 0 bridgehead atoms. The number of carboxylic acids is 1. The number of aliphatic carboxylic acids is 1. The van der Waals surface area contributed by atoms with E-state index in [0.717, 1.165) is 0 Å². The van der Waals surface area contributed by atoms with Crippen molar-refractivity contribution in [1.29, 1.82) is 0 Å². The van der Waals surface area contributed by atoms with Crippen LogP contribution in [0.25, 0.3) is 0 Å². The average Bonchev–Trinajstić information content (AvgIpc) is 3.01. The van der Waals surface area contributed by atoms with Crippen molar-refractivity contribution in [2.45, 2.75) is 53.4 Å². The first-order valence-corrected chi connectivity index (χ1v) is 16.1. The third kappa shape index (κ3) is 13.6. The Morgan fingerprint density at radius 3 is 1.32 bits per heavy atom. The molecule has 0 aromatic heterocycles. The van der Waals surface area contributed by atoms with Crippen molar-refractivity contribution in [3.8, 4) is 17.2 Å². The van der Waals surface area contributed by atoms with Crippen molar-refractivity contribution in [3.63, 3.8) is 0 Å². The molecule has 0 fully saturated rings. The Balaban J connectivity index is 1.65. The average molecular weight is 671 g/mol. The number of hydrogen-bond donors (Lipinski definition) is 1. The molecule has 3 rings (SSSR count). The molecule has 0 heterocycles. The van der Waals surface area contributed by atoms with E-state index in [1.807, 2.05) is 0 Å². The highest BCUT2D eigenvalue weighted by molar-refractivity contribution is 7.53. The van der Waals surface area contributed by atoms with Gasteiger partial charge in [0.05, 0.1) is 25.3 Å². The normalized spacial score (nSPS) is 11.6. The number of carbonyl (C=O) groups excluding carboxylic acids is 4. The van der Waals surface area contributed by atoms with Crippen LogP contribution in [0, 0.1) is 5.92 Å². The number of benzene rings is 3. The summed E-state index contributed by atoms with van der Waals surface area (Å²) < 4.78 is 45.6. The van der Waals surface area contributed by atoms with Gasteiger partial charge in [-0.2, -0.15) is 0 Å². The van der Waals surface area contributed by atoms with Gasteiger partial charge < -0.3 is 33.1 Å². The number of rotatable bonds is 17. The Morgan fingerprint density at radius 2 is 0.979 bits per heavy atom. The first-order chi connectivity index (χ1) is 22.3. The molecule has 0 radical (unpaired) electrons. The number of carboxylic acid groups (broad SMARTS) is 1. The van der Waals surface area contributed by atoms with E-state index in [2.05, 4.69) is 0 Å². The standard InChI is InChI=1S/C33H35O13P/c1-22(34)44-29-11-4-25(5-12-29)18-41-32(37)17-10-28(33(38)39)21-47(40,42-19-26-6-13-30(14-7-26)45-23(2)35)43-20-27-8-15-31(16-9-27)46-24(3)36/h4-9,11-16,28H,10,17-21H2,1-3H3,(H,38,39). The predicted octanol–water partition coefficient (Wildman–Crippen LogP) is 5.61. The molecular formula is C33H35O13P. The molecule has 0 spiro atoms. The molecule has 3 aromatic rings. The highest BCUT2D eigenvalue weighted by Crippen LogP contribution is 2.52. The van der Waals surface area contributed by atoms with Gasteiger partial charge in [0, 0.05) is 27.2 Å². The molecule has 0 saturated heterocycles. The summed E-state index contributed by atoms with van der Waals surface area (Å²) in [6, 6.07) is 18.8. The van der Waals surface area contributed by atoms with E-state index in [9.17, 15) is 33.6 Å². The summed E-state index contributed by atoms with van der Waals surface area (Å²) in [7, 11) is -4.11. The molecule has 0 saturated carbocycles. The van der Waals surface area contributed by atoms with Crippen molar-refractivity contribution < 1.29 is 61.6 Å². The predicted molar refractivity (Wildman–Crippen MR) is 165 cm³/mol. The SMILES string of the molecule is CC(=O)Oc1ccc(COC(=O)CCC(CP(=O)(OCc2ccc(OC(C)=O)cc2)OCc2ccc(OC(C)=O)cc2)C(=O)O)cc1. The third-order valence-electron chi connectivity index (χ3n) is 6.30. The Morgan fingerprint density at radius 1 is 0.617 bits per heavy atom. The molecule has 0 amide bonds. The summed E-state index contributed by atoms with van der Waals surface area (Å²) in [5.74, 6) is -3.78. The number of carbonyl (C=O) groups is 5. The van der Waals surface area contributed by atoms with Crippen LogP contribution in [-0.2, 0) is 62.1 Å². The summed E-state index contributed by atoms with van der Waals surface area (Å²) in [6.07, 6.45) is -1.02. The Kier molecular flexibility index (Phi) is 13.8. The lowest BCUT2D eigenvalue weighted by molar-refractivity contribution is -0.146. The summed E-state index contributed by atoms with van der Waals surface area (Å²) in [5.41, 5.74) is 1.72. The van der Waals surface area contributed by atoms with E-state index in [4.69, 9.17) is 28.0 Å². The van der Waals surface area contributed by atoms with Crippen LogP contribution in [-0.4, -0.2) is 41.1 Å². The van der Waals surface area contributed by atoms with Crippen LogP contribution in [0.1, 0.15) is 50.3 Å². The minimum absolute atomic E-state index is 0.0892. The van der Waals surface area contributed by atoms with Crippen molar-refractivity contribution in [3.05, 3.63) is 89.5 Å². The Labute approximate surface area is 271 Å². The monoisotopic (exact) mass is 670 g/mol. The summed E-state index contributed by atoms with van der Waals surface area (Å²) in [4.78, 5) is 58.1. The molecule has 0 aliphatic rings. The van der Waals surface area contributed by atoms with Crippen LogP contribution in [0.5, 0.6) is 17.2 Å². The zero-order valence-electron chi connectivity index (χ0n) is 26.0.